The molecule has 1 aromatic carbocycles. The summed E-state index contributed by atoms with van der Waals surface area (Å²) in [6.45, 7) is 1.86. The standard InChI is InChI=1S/C10H10.ClH/c1-2-3-7-10-8-5-4-6-9-10;/h4-6,8-9H,7H2,1H3;1H. The second-order valence-corrected chi connectivity index (χ2v) is 2.09. The maximum atomic E-state index is 3.01. The normalized spacial score (nSPS) is 7.36. The Balaban J connectivity index is 0.000001000. The third kappa shape index (κ3) is 3.70. The highest BCUT2D eigenvalue weighted by molar-refractivity contribution is 5.85. The highest BCUT2D eigenvalue weighted by Gasteiger charge is 1.83. The third-order valence-corrected chi connectivity index (χ3v) is 1.31. The minimum Gasteiger partial charge on any atom is -0.147 e. The minimum atomic E-state index is 0. The second-order valence-electron chi connectivity index (χ2n) is 2.09. The van der Waals surface area contributed by atoms with Gasteiger partial charge in [-0.25, -0.2) is 0 Å². The second kappa shape index (κ2) is 5.82. The Morgan fingerprint density at radius 3 is 2.36 bits per heavy atom. The summed E-state index contributed by atoms with van der Waals surface area (Å²) in [5.74, 6) is 5.88. The molecule has 0 aromatic heterocycles. The van der Waals surface area contributed by atoms with E-state index in [9.17, 15) is 0 Å². The van der Waals surface area contributed by atoms with Crippen molar-refractivity contribution in [2.45, 2.75) is 13.3 Å². The number of hydrogen-bond acceptors (Lipinski definition) is 0. The number of rotatable bonds is 1. The van der Waals surface area contributed by atoms with Crippen molar-refractivity contribution in [3.63, 3.8) is 0 Å². The molecule has 1 heteroatoms. The number of halogens is 1. The molecule has 0 heterocycles. The van der Waals surface area contributed by atoms with Crippen LogP contribution in [0, 0.1) is 11.8 Å². The van der Waals surface area contributed by atoms with E-state index >= 15 is 0 Å². The van der Waals surface area contributed by atoms with Crippen LogP contribution in [-0.4, -0.2) is 0 Å². The van der Waals surface area contributed by atoms with Gasteiger partial charge < -0.3 is 0 Å². The van der Waals surface area contributed by atoms with Gasteiger partial charge in [0.25, 0.3) is 0 Å². The molecule has 0 N–H and O–H groups in total. The van der Waals surface area contributed by atoms with Crippen LogP contribution >= 0.6 is 12.4 Å². The van der Waals surface area contributed by atoms with Gasteiger partial charge >= 0.3 is 0 Å². The molecule has 0 radical (unpaired) electrons. The highest BCUT2D eigenvalue weighted by Crippen LogP contribution is 1.97. The Hall–Kier alpha value is -0.930. The van der Waals surface area contributed by atoms with E-state index in [-0.39, 0.29) is 12.4 Å². The van der Waals surface area contributed by atoms with Gasteiger partial charge in [0.1, 0.15) is 0 Å². The molecule has 58 valence electrons. The van der Waals surface area contributed by atoms with Crippen LogP contribution in [0.5, 0.6) is 0 Å². The predicted molar refractivity (Wildman–Crippen MR) is 50.8 cm³/mol. The van der Waals surface area contributed by atoms with Gasteiger partial charge in [-0.3, -0.25) is 0 Å². The first-order chi connectivity index (χ1) is 4.93. The van der Waals surface area contributed by atoms with Crippen LogP contribution in [0.15, 0.2) is 30.3 Å². The predicted octanol–water partition coefficient (Wildman–Crippen LogP) is 2.67. The first kappa shape index (κ1) is 10.1. The first-order valence-electron chi connectivity index (χ1n) is 3.37. The Morgan fingerprint density at radius 1 is 1.18 bits per heavy atom. The lowest BCUT2D eigenvalue weighted by Gasteiger charge is -1.90. The molecule has 0 saturated carbocycles. The summed E-state index contributed by atoms with van der Waals surface area (Å²) in [6, 6.07) is 10.3. The SMILES string of the molecule is CC#CCc1ccccc1.Cl. The Morgan fingerprint density at radius 2 is 1.82 bits per heavy atom. The maximum Gasteiger partial charge on any atom is 0.0340 e. The van der Waals surface area contributed by atoms with E-state index in [0.29, 0.717) is 0 Å². The van der Waals surface area contributed by atoms with E-state index in [1.807, 2.05) is 25.1 Å². The molecule has 0 unspecified atom stereocenters. The molecule has 0 bridgehead atoms. The van der Waals surface area contributed by atoms with Gasteiger partial charge in [0.15, 0.2) is 0 Å². The fourth-order valence-corrected chi connectivity index (χ4v) is 0.786. The number of hydrogen-bond donors (Lipinski definition) is 0. The van der Waals surface area contributed by atoms with Gasteiger partial charge in [0.05, 0.1) is 0 Å². The summed E-state index contributed by atoms with van der Waals surface area (Å²) in [6.07, 6.45) is 0.872. The Kier molecular flexibility index (Phi) is 5.33. The van der Waals surface area contributed by atoms with Crippen LogP contribution < -0.4 is 0 Å². The third-order valence-electron chi connectivity index (χ3n) is 1.31. The summed E-state index contributed by atoms with van der Waals surface area (Å²) >= 11 is 0. The summed E-state index contributed by atoms with van der Waals surface area (Å²) in [7, 11) is 0. The van der Waals surface area contributed by atoms with Crippen LogP contribution in [0.2, 0.25) is 0 Å². The summed E-state index contributed by atoms with van der Waals surface area (Å²) in [5, 5.41) is 0. The van der Waals surface area contributed by atoms with Crippen molar-refractivity contribution in [2.24, 2.45) is 0 Å². The van der Waals surface area contributed by atoms with E-state index in [2.05, 4.69) is 24.0 Å². The monoisotopic (exact) mass is 166 g/mol. The Labute approximate surface area is 74.0 Å². The highest BCUT2D eigenvalue weighted by atomic mass is 35.5. The average molecular weight is 167 g/mol. The smallest absolute Gasteiger partial charge is 0.0340 e. The molecule has 0 saturated heterocycles. The van der Waals surface area contributed by atoms with Crippen molar-refractivity contribution < 1.29 is 0 Å². The first-order valence-corrected chi connectivity index (χ1v) is 3.37. The summed E-state index contributed by atoms with van der Waals surface area (Å²) in [4.78, 5) is 0. The lowest BCUT2D eigenvalue weighted by Crippen LogP contribution is -1.77. The van der Waals surface area contributed by atoms with Gasteiger partial charge in [-0.1, -0.05) is 36.3 Å². The van der Waals surface area contributed by atoms with E-state index < -0.39 is 0 Å². The fourth-order valence-electron chi connectivity index (χ4n) is 0.786. The molecule has 0 atom stereocenters. The van der Waals surface area contributed by atoms with Crippen LogP contribution in [0.4, 0.5) is 0 Å². The van der Waals surface area contributed by atoms with E-state index in [4.69, 9.17) is 0 Å². The molecule has 1 rings (SSSR count). The van der Waals surface area contributed by atoms with Crippen LogP contribution in [0.1, 0.15) is 12.5 Å². The molecule has 0 aliphatic rings. The zero-order valence-corrected chi connectivity index (χ0v) is 7.32. The van der Waals surface area contributed by atoms with Crippen molar-refractivity contribution >= 4 is 12.4 Å². The lowest BCUT2D eigenvalue weighted by atomic mass is 10.2. The van der Waals surface area contributed by atoms with Gasteiger partial charge in [0, 0.05) is 6.42 Å². The molecule has 1 aromatic rings. The zero-order chi connectivity index (χ0) is 7.23. The topological polar surface area (TPSA) is 0 Å². The van der Waals surface area contributed by atoms with Crippen molar-refractivity contribution in [3.05, 3.63) is 35.9 Å². The van der Waals surface area contributed by atoms with Gasteiger partial charge in [0.2, 0.25) is 0 Å². The van der Waals surface area contributed by atoms with Crippen molar-refractivity contribution in [3.8, 4) is 11.8 Å². The van der Waals surface area contributed by atoms with Gasteiger partial charge in [-0.15, -0.1) is 18.3 Å². The van der Waals surface area contributed by atoms with E-state index in [1.165, 1.54) is 5.56 Å². The summed E-state index contributed by atoms with van der Waals surface area (Å²) in [5.41, 5.74) is 1.29. The van der Waals surface area contributed by atoms with Crippen molar-refractivity contribution in [1.82, 2.24) is 0 Å². The molecule has 11 heavy (non-hydrogen) atoms. The molecule has 0 aliphatic carbocycles. The molecule has 0 fully saturated rings. The van der Waals surface area contributed by atoms with Crippen molar-refractivity contribution in [2.75, 3.05) is 0 Å². The van der Waals surface area contributed by atoms with E-state index in [0.717, 1.165) is 6.42 Å². The van der Waals surface area contributed by atoms with Crippen LogP contribution in [0.25, 0.3) is 0 Å². The molecule has 0 spiro atoms. The zero-order valence-electron chi connectivity index (χ0n) is 6.50. The van der Waals surface area contributed by atoms with Crippen LogP contribution in [0.3, 0.4) is 0 Å². The fraction of sp³-hybridized carbons (Fsp3) is 0.200. The van der Waals surface area contributed by atoms with Crippen LogP contribution in [-0.2, 0) is 6.42 Å². The van der Waals surface area contributed by atoms with Crippen molar-refractivity contribution in [1.29, 1.82) is 0 Å². The largest absolute Gasteiger partial charge is 0.147 e. The average Bonchev–Trinajstić information content (AvgIpc) is 2.03. The quantitative estimate of drug-likeness (QED) is 0.563. The van der Waals surface area contributed by atoms with E-state index in [1.54, 1.807) is 0 Å². The number of benzene rings is 1. The molecular weight excluding hydrogens is 156 g/mol. The minimum absolute atomic E-state index is 0. The Bertz CT molecular complexity index is 241. The molecule has 0 amide bonds. The van der Waals surface area contributed by atoms with Gasteiger partial charge in [-0.05, 0) is 12.5 Å². The molecule has 0 aliphatic heterocycles. The maximum absolute atomic E-state index is 3.01. The van der Waals surface area contributed by atoms with Gasteiger partial charge in [-0.2, -0.15) is 0 Å². The lowest BCUT2D eigenvalue weighted by molar-refractivity contribution is 1.32. The summed E-state index contributed by atoms with van der Waals surface area (Å²) < 4.78 is 0. The molecule has 0 nitrogen and oxygen atoms in total. The molecular formula is C10H11Cl.